The quantitative estimate of drug-likeness (QED) is 0.781. The van der Waals surface area contributed by atoms with Crippen molar-refractivity contribution in [2.45, 2.75) is 19.4 Å². The summed E-state index contributed by atoms with van der Waals surface area (Å²) in [5.74, 6) is 0.761. The number of hydrogen-bond acceptors (Lipinski definition) is 5. The van der Waals surface area contributed by atoms with E-state index in [0.29, 0.717) is 12.3 Å². The van der Waals surface area contributed by atoms with Crippen LogP contribution in [-0.4, -0.2) is 48.0 Å². The van der Waals surface area contributed by atoms with E-state index in [1.165, 1.54) is 5.56 Å². The Labute approximate surface area is 148 Å². The predicted molar refractivity (Wildman–Crippen MR) is 94.7 cm³/mol. The fourth-order valence-corrected chi connectivity index (χ4v) is 3.45. The average molecular weight is 343 g/mol. The topological polar surface area (TPSA) is 56.6 Å². The van der Waals surface area contributed by atoms with E-state index in [4.69, 9.17) is 9.47 Å². The van der Waals surface area contributed by atoms with Gasteiger partial charge in [-0.1, -0.05) is 12.1 Å². The number of esters is 1. The minimum Gasteiger partial charge on any atom is -0.497 e. The summed E-state index contributed by atoms with van der Waals surface area (Å²) in [5.41, 5.74) is 2.52. The summed E-state index contributed by atoms with van der Waals surface area (Å²) in [7, 11) is 5.59. The molecule has 0 aliphatic carbocycles. The minimum atomic E-state index is -0.355. The molecule has 1 fully saturated rings. The summed E-state index contributed by atoms with van der Waals surface area (Å²) < 4.78 is 12.5. The number of aryl methyl sites for hydroxylation is 2. The Morgan fingerprint density at radius 3 is 2.60 bits per heavy atom. The number of rotatable bonds is 5. The average Bonchev–Trinajstić information content (AvgIpc) is 3.15. The van der Waals surface area contributed by atoms with Crippen LogP contribution in [0.5, 0.6) is 5.75 Å². The van der Waals surface area contributed by atoms with Crippen molar-refractivity contribution in [2.75, 3.05) is 27.3 Å². The Morgan fingerprint density at radius 2 is 2.00 bits per heavy atom. The van der Waals surface area contributed by atoms with Gasteiger partial charge in [-0.25, -0.2) is 4.79 Å². The maximum absolute atomic E-state index is 12.2. The lowest BCUT2D eigenvalue weighted by Crippen LogP contribution is -2.24. The molecular formula is C19H25N3O3. The summed E-state index contributed by atoms with van der Waals surface area (Å²) >= 11 is 0. The lowest BCUT2D eigenvalue weighted by Gasteiger charge is -2.25. The molecule has 0 amide bonds. The molecule has 0 N–H and O–H groups in total. The molecule has 0 unspecified atom stereocenters. The van der Waals surface area contributed by atoms with Gasteiger partial charge < -0.3 is 9.47 Å². The fourth-order valence-electron chi connectivity index (χ4n) is 3.45. The molecule has 2 heterocycles. The molecule has 0 saturated carbocycles. The van der Waals surface area contributed by atoms with Crippen LogP contribution in [-0.2, 0) is 11.8 Å². The van der Waals surface area contributed by atoms with Crippen molar-refractivity contribution in [1.29, 1.82) is 0 Å². The molecule has 1 aromatic carbocycles. The number of likely N-dealkylation sites (tertiary alicyclic amines) is 1. The van der Waals surface area contributed by atoms with Gasteiger partial charge in [-0.3, -0.25) is 9.58 Å². The molecule has 1 aliphatic heterocycles. The highest BCUT2D eigenvalue weighted by Crippen LogP contribution is 2.36. The summed E-state index contributed by atoms with van der Waals surface area (Å²) in [5, 5.41) is 4.18. The number of hydrogen-bond donors (Lipinski definition) is 0. The number of carbonyl (C=O) groups is 1. The molecule has 25 heavy (non-hydrogen) atoms. The number of nitrogens with zero attached hydrogens (tertiary/aromatic N) is 3. The highest BCUT2D eigenvalue weighted by atomic mass is 16.5. The third-order valence-corrected chi connectivity index (χ3v) is 4.98. The third kappa shape index (κ3) is 3.69. The summed E-state index contributed by atoms with van der Waals surface area (Å²) in [6, 6.07) is 10.1. The van der Waals surface area contributed by atoms with Gasteiger partial charge in [0.25, 0.3) is 0 Å². The number of carbonyl (C=O) groups excluding carboxylic acids is 1. The van der Waals surface area contributed by atoms with Gasteiger partial charge in [-0.2, -0.15) is 5.10 Å². The molecule has 2 aromatic rings. The number of ether oxygens (including phenoxy) is 2. The first-order valence-corrected chi connectivity index (χ1v) is 8.51. The second kappa shape index (κ2) is 7.27. The maximum atomic E-state index is 12.2. The van der Waals surface area contributed by atoms with Gasteiger partial charge in [0.2, 0.25) is 0 Å². The van der Waals surface area contributed by atoms with E-state index in [2.05, 4.69) is 29.2 Å². The normalized spacial score (nSPS) is 20.6. The van der Waals surface area contributed by atoms with Crippen LogP contribution in [0.4, 0.5) is 0 Å². The van der Waals surface area contributed by atoms with Crippen LogP contribution in [0, 0.1) is 12.8 Å². The van der Waals surface area contributed by atoms with Crippen molar-refractivity contribution in [1.82, 2.24) is 14.7 Å². The van der Waals surface area contributed by atoms with Crippen LogP contribution in [0.15, 0.2) is 30.3 Å². The van der Waals surface area contributed by atoms with Crippen molar-refractivity contribution in [2.24, 2.45) is 13.0 Å². The molecule has 1 aliphatic rings. The van der Waals surface area contributed by atoms with Crippen LogP contribution in [0.1, 0.15) is 34.2 Å². The Kier molecular flexibility index (Phi) is 5.08. The monoisotopic (exact) mass is 343 g/mol. The van der Waals surface area contributed by atoms with E-state index in [0.717, 1.165) is 24.4 Å². The second-order valence-corrected chi connectivity index (χ2v) is 6.64. The zero-order valence-corrected chi connectivity index (χ0v) is 15.2. The molecule has 1 aromatic heterocycles. The summed E-state index contributed by atoms with van der Waals surface area (Å²) in [6.45, 7) is 3.30. The first-order valence-electron chi connectivity index (χ1n) is 8.51. The Bertz CT molecular complexity index is 719. The Balaban J connectivity index is 1.67. The Hall–Kier alpha value is -2.34. The van der Waals surface area contributed by atoms with E-state index in [1.54, 1.807) is 17.9 Å². The summed E-state index contributed by atoms with van der Waals surface area (Å²) in [6.07, 6.45) is 1.00. The molecule has 0 bridgehead atoms. The van der Waals surface area contributed by atoms with Gasteiger partial charge in [0, 0.05) is 24.7 Å². The van der Waals surface area contributed by atoms with E-state index in [-0.39, 0.29) is 17.9 Å². The van der Waals surface area contributed by atoms with Gasteiger partial charge >= 0.3 is 5.97 Å². The number of benzene rings is 1. The van der Waals surface area contributed by atoms with Crippen molar-refractivity contribution >= 4 is 5.97 Å². The second-order valence-electron chi connectivity index (χ2n) is 6.64. The standard InChI is InChI=1S/C19H25N3O3/c1-13-11-17(20-22(13)3)19(23)25-12-15-9-10-21(2)18(15)14-5-7-16(24-4)8-6-14/h5-8,11,15,18H,9-10,12H2,1-4H3/t15-,18-/m0/s1. The first-order chi connectivity index (χ1) is 12.0. The highest BCUT2D eigenvalue weighted by molar-refractivity contribution is 5.87. The van der Waals surface area contributed by atoms with Crippen LogP contribution in [0.3, 0.4) is 0 Å². The Morgan fingerprint density at radius 1 is 1.28 bits per heavy atom. The zero-order chi connectivity index (χ0) is 18.0. The van der Waals surface area contributed by atoms with Gasteiger partial charge in [0.05, 0.1) is 13.7 Å². The van der Waals surface area contributed by atoms with E-state index >= 15 is 0 Å². The SMILES string of the molecule is COc1ccc([C@H]2[C@H](COC(=O)c3cc(C)n(C)n3)CCN2C)cc1. The van der Waals surface area contributed by atoms with Crippen molar-refractivity contribution in [3.63, 3.8) is 0 Å². The molecule has 0 radical (unpaired) electrons. The third-order valence-electron chi connectivity index (χ3n) is 4.98. The molecule has 3 rings (SSSR count). The van der Waals surface area contributed by atoms with Gasteiger partial charge in [-0.15, -0.1) is 0 Å². The molecular weight excluding hydrogens is 318 g/mol. The van der Waals surface area contributed by atoms with Crippen molar-refractivity contribution in [3.8, 4) is 5.75 Å². The number of aromatic nitrogens is 2. The molecule has 0 spiro atoms. The maximum Gasteiger partial charge on any atom is 0.358 e. The van der Waals surface area contributed by atoms with E-state index in [9.17, 15) is 4.79 Å². The minimum absolute atomic E-state index is 0.240. The molecule has 6 nitrogen and oxygen atoms in total. The van der Waals surface area contributed by atoms with E-state index in [1.807, 2.05) is 26.1 Å². The van der Waals surface area contributed by atoms with Crippen LogP contribution < -0.4 is 4.74 Å². The molecule has 2 atom stereocenters. The van der Waals surface area contributed by atoms with Crippen LogP contribution in [0.2, 0.25) is 0 Å². The number of methoxy groups -OCH3 is 1. The fraction of sp³-hybridized carbons (Fsp3) is 0.474. The largest absolute Gasteiger partial charge is 0.497 e. The van der Waals surface area contributed by atoms with Crippen LogP contribution >= 0.6 is 0 Å². The molecule has 1 saturated heterocycles. The lowest BCUT2D eigenvalue weighted by atomic mass is 9.94. The smallest absolute Gasteiger partial charge is 0.358 e. The molecule has 6 heteroatoms. The summed E-state index contributed by atoms with van der Waals surface area (Å²) in [4.78, 5) is 14.6. The van der Waals surface area contributed by atoms with E-state index < -0.39 is 0 Å². The first kappa shape index (κ1) is 17.5. The molecule has 134 valence electrons. The van der Waals surface area contributed by atoms with Crippen molar-refractivity contribution in [3.05, 3.63) is 47.3 Å². The highest BCUT2D eigenvalue weighted by Gasteiger charge is 2.34. The van der Waals surface area contributed by atoms with Crippen LogP contribution in [0.25, 0.3) is 0 Å². The van der Waals surface area contributed by atoms with Gasteiger partial charge in [0.15, 0.2) is 5.69 Å². The van der Waals surface area contributed by atoms with Gasteiger partial charge in [0.1, 0.15) is 5.75 Å². The van der Waals surface area contributed by atoms with Gasteiger partial charge in [-0.05, 0) is 50.7 Å². The lowest BCUT2D eigenvalue weighted by molar-refractivity contribution is 0.0404. The zero-order valence-electron chi connectivity index (χ0n) is 15.2. The predicted octanol–water partition coefficient (Wildman–Crippen LogP) is 2.59. The van der Waals surface area contributed by atoms with Crippen molar-refractivity contribution < 1.29 is 14.3 Å².